The van der Waals surface area contributed by atoms with E-state index in [-0.39, 0.29) is 5.84 Å². The molecule has 0 radical (unpaired) electrons. The summed E-state index contributed by atoms with van der Waals surface area (Å²) in [7, 11) is 0. The standard InChI is InChI=1S/C14H21N3O/c15-14(16)12-6-1-2-7-13(12)18-11-5-10-17-8-3-4-9-17/h1-2,6-7H,3-5,8-11H2,(H3,15,16). The topological polar surface area (TPSA) is 62.3 Å². The van der Waals surface area contributed by atoms with Gasteiger partial charge in [-0.15, -0.1) is 0 Å². The van der Waals surface area contributed by atoms with E-state index >= 15 is 0 Å². The van der Waals surface area contributed by atoms with Crippen LogP contribution in [0.1, 0.15) is 24.8 Å². The zero-order valence-corrected chi connectivity index (χ0v) is 10.7. The monoisotopic (exact) mass is 247 g/mol. The molecule has 0 aromatic heterocycles. The predicted octanol–water partition coefficient (Wildman–Crippen LogP) is 1.84. The molecule has 1 aliphatic heterocycles. The summed E-state index contributed by atoms with van der Waals surface area (Å²) in [5.41, 5.74) is 6.19. The SMILES string of the molecule is N=C(N)c1ccccc1OCCCN1CCCC1. The van der Waals surface area contributed by atoms with Crippen molar-refractivity contribution < 1.29 is 4.74 Å². The largest absolute Gasteiger partial charge is 0.493 e. The molecular weight excluding hydrogens is 226 g/mol. The number of hydrogen-bond donors (Lipinski definition) is 2. The van der Waals surface area contributed by atoms with Gasteiger partial charge in [0.05, 0.1) is 12.2 Å². The van der Waals surface area contributed by atoms with Crippen LogP contribution in [0.15, 0.2) is 24.3 Å². The number of nitrogens with one attached hydrogen (secondary N) is 1. The predicted molar refractivity (Wildman–Crippen MR) is 73.2 cm³/mol. The van der Waals surface area contributed by atoms with Gasteiger partial charge in [-0.2, -0.15) is 0 Å². The average molecular weight is 247 g/mol. The normalized spacial score (nSPS) is 15.8. The summed E-state index contributed by atoms with van der Waals surface area (Å²) in [5, 5.41) is 7.48. The van der Waals surface area contributed by atoms with Gasteiger partial charge in [0.2, 0.25) is 0 Å². The fourth-order valence-corrected chi connectivity index (χ4v) is 2.29. The van der Waals surface area contributed by atoms with Crippen molar-refractivity contribution in [3.63, 3.8) is 0 Å². The van der Waals surface area contributed by atoms with Gasteiger partial charge in [-0.25, -0.2) is 0 Å². The lowest BCUT2D eigenvalue weighted by Gasteiger charge is -2.15. The molecule has 4 nitrogen and oxygen atoms in total. The van der Waals surface area contributed by atoms with E-state index in [0.717, 1.165) is 13.0 Å². The number of benzene rings is 1. The van der Waals surface area contributed by atoms with Gasteiger partial charge in [0.25, 0.3) is 0 Å². The van der Waals surface area contributed by atoms with Crippen LogP contribution < -0.4 is 10.5 Å². The number of hydrogen-bond acceptors (Lipinski definition) is 3. The van der Waals surface area contributed by atoms with Gasteiger partial charge >= 0.3 is 0 Å². The Morgan fingerprint density at radius 1 is 1.28 bits per heavy atom. The molecule has 1 saturated heterocycles. The van der Waals surface area contributed by atoms with E-state index in [2.05, 4.69) is 4.90 Å². The molecule has 1 heterocycles. The Hall–Kier alpha value is -1.55. The molecule has 0 atom stereocenters. The van der Waals surface area contributed by atoms with E-state index in [1.807, 2.05) is 24.3 Å². The molecule has 2 rings (SSSR count). The Morgan fingerprint density at radius 3 is 2.72 bits per heavy atom. The van der Waals surface area contributed by atoms with Crippen molar-refractivity contribution >= 4 is 5.84 Å². The highest BCUT2D eigenvalue weighted by molar-refractivity contribution is 5.97. The fraction of sp³-hybridized carbons (Fsp3) is 0.500. The molecule has 0 aliphatic carbocycles. The van der Waals surface area contributed by atoms with E-state index in [1.165, 1.54) is 25.9 Å². The Morgan fingerprint density at radius 2 is 2.00 bits per heavy atom. The van der Waals surface area contributed by atoms with E-state index in [1.54, 1.807) is 0 Å². The summed E-state index contributed by atoms with van der Waals surface area (Å²) in [5.74, 6) is 0.775. The van der Waals surface area contributed by atoms with Crippen LogP contribution in [0.3, 0.4) is 0 Å². The quantitative estimate of drug-likeness (QED) is 0.458. The lowest BCUT2D eigenvalue weighted by Crippen LogP contribution is -2.22. The number of ether oxygens (including phenoxy) is 1. The summed E-state index contributed by atoms with van der Waals surface area (Å²) in [4.78, 5) is 2.47. The summed E-state index contributed by atoms with van der Waals surface area (Å²) < 4.78 is 5.71. The number of nitrogen functional groups attached to an aromatic ring is 1. The minimum atomic E-state index is 0.0603. The van der Waals surface area contributed by atoms with Crippen LogP contribution in [0, 0.1) is 5.41 Å². The Balaban J connectivity index is 1.77. The zero-order valence-electron chi connectivity index (χ0n) is 10.7. The van der Waals surface area contributed by atoms with Crippen molar-refractivity contribution in [1.29, 1.82) is 5.41 Å². The van der Waals surface area contributed by atoms with Gasteiger partial charge in [-0.05, 0) is 44.5 Å². The van der Waals surface area contributed by atoms with Crippen molar-refractivity contribution in [2.75, 3.05) is 26.2 Å². The third kappa shape index (κ3) is 3.47. The van der Waals surface area contributed by atoms with Gasteiger partial charge in [0, 0.05) is 6.54 Å². The smallest absolute Gasteiger partial charge is 0.130 e. The van der Waals surface area contributed by atoms with Gasteiger partial charge in [-0.3, -0.25) is 5.41 Å². The number of rotatable bonds is 6. The molecule has 1 aliphatic rings. The first-order valence-electron chi connectivity index (χ1n) is 6.56. The maximum absolute atomic E-state index is 7.48. The zero-order chi connectivity index (χ0) is 12.8. The van der Waals surface area contributed by atoms with E-state index in [4.69, 9.17) is 15.9 Å². The first-order chi connectivity index (χ1) is 8.77. The molecule has 3 N–H and O–H groups in total. The molecule has 1 aromatic carbocycles. The Kier molecular flexibility index (Phi) is 4.59. The summed E-state index contributed by atoms with van der Waals surface area (Å²) in [6.07, 6.45) is 3.67. The fourth-order valence-electron chi connectivity index (χ4n) is 2.29. The van der Waals surface area contributed by atoms with Crippen LogP contribution in [0.4, 0.5) is 0 Å². The third-order valence-corrected chi connectivity index (χ3v) is 3.25. The van der Waals surface area contributed by atoms with Crippen LogP contribution in [0.25, 0.3) is 0 Å². The second kappa shape index (κ2) is 6.40. The molecule has 0 amide bonds. The first-order valence-corrected chi connectivity index (χ1v) is 6.56. The van der Waals surface area contributed by atoms with Crippen LogP contribution in [-0.2, 0) is 0 Å². The van der Waals surface area contributed by atoms with Crippen LogP contribution in [0.5, 0.6) is 5.75 Å². The molecule has 0 spiro atoms. The van der Waals surface area contributed by atoms with Crippen molar-refractivity contribution in [3.8, 4) is 5.75 Å². The number of nitrogens with zero attached hydrogens (tertiary/aromatic N) is 1. The second-order valence-corrected chi connectivity index (χ2v) is 4.66. The molecular formula is C14H21N3O. The van der Waals surface area contributed by atoms with E-state index in [0.29, 0.717) is 17.9 Å². The highest BCUT2D eigenvalue weighted by Crippen LogP contribution is 2.17. The lowest BCUT2D eigenvalue weighted by molar-refractivity contribution is 0.263. The van der Waals surface area contributed by atoms with Crippen LogP contribution in [-0.4, -0.2) is 37.0 Å². The highest BCUT2D eigenvalue weighted by Gasteiger charge is 2.11. The summed E-state index contributed by atoms with van der Waals surface area (Å²) >= 11 is 0. The van der Waals surface area contributed by atoms with Gasteiger partial charge in [0.1, 0.15) is 11.6 Å². The molecule has 98 valence electrons. The summed E-state index contributed by atoms with van der Waals surface area (Å²) in [6.45, 7) is 4.23. The minimum Gasteiger partial charge on any atom is -0.493 e. The molecule has 0 bridgehead atoms. The Bertz CT molecular complexity index is 400. The van der Waals surface area contributed by atoms with Crippen molar-refractivity contribution in [2.24, 2.45) is 5.73 Å². The Labute approximate surface area is 108 Å². The lowest BCUT2D eigenvalue weighted by atomic mass is 10.2. The number of amidine groups is 1. The maximum Gasteiger partial charge on any atom is 0.130 e. The molecule has 1 aromatic rings. The van der Waals surface area contributed by atoms with E-state index < -0.39 is 0 Å². The summed E-state index contributed by atoms with van der Waals surface area (Å²) in [6, 6.07) is 7.46. The van der Waals surface area contributed by atoms with Gasteiger partial charge in [-0.1, -0.05) is 12.1 Å². The van der Waals surface area contributed by atoms with Gasteiger partial charge in [0.15, 0.2) is 0 Å². The number of para-hydroxylation sites is 1. The van der Waals surface area contributed by atoms with E-state index in [9.17, 15) is 0 Å². The van der Waals surface area contributed by atoms with Crippen LogP contribution >= 0.6 is 0 Å². The second-order valence-electron chi connectivity index (χ2n) is 4.66. The molecule has 0 saturated carbocycles. The first kappa shape index (κ1) is 12.9. The number of likely N-dealkylation sites (tertiary alicyclic amines) is 1. The maximum atomic E-state index is 7.48. The van der Waals surface area contributed by atoms with Crippen molar-refractivity contribution in [1.82, 2.24) is 4.90 Å². The minimum absolute atomic E-state index is 0.0603. The molecule has 4 heteroatoms. The molecule has 18 heavy (non-hydrogen) atoms. The highest BCUT2D eigenvalue weighted by atomic mass is 16.5. The van der Waals surface area contributed by atoms with Crippen LogP contribution in [0.2, 0.25) is 0 Å². The van der Waals surface area contributed by atoms with Gasteiger partial charge < -0.3 is 15.4 Å². The molecule has 1 fully saturated rings. The number of nitrogens with two attached hydrogens (primary N) is 1. The van der Waals surface area contributed by atoms with Crippen molar-refractivity contribution in [3.05, 3.63) is 29.8 Å². The molecule has 0 unspecified atom stereocenters. The third-order valence-electron chi connectivity index (χ3n) is 3.25. The average Bonchev–Trinajstić information content (AvgIpc) is 2.88. The van der Waals surface area contributed by atoms with Crippen molar-refractivity contribution in [2.45, 2.75) is 19.3 Å².